The zero-order chi connectivity index (χ0) is 15.3. The summed E-state index contributed by atoms with van der Waals surface area (Å²) in [5, 5.41) is 0. The molecule has 6 heteroatoms. The zero-order valence-electron chi connectivity index (χ0n) is 12.3. The van der Waals surface area contributed by atoms with Gasteiger partial charge in [-0.25, -0.2) is 12.7 Å². The van der Waals surface area contributed by atoms with Gasteiger partial charge in [0.2, 0.25) is 10.0 Å². The van der Waals surface area contributed by atoms with Crippen molar-refractivity contribution in [2.75, 3.05) is 19.9 Å². The summed E-state index contributed by atoms with van der Waals surface area (Å²) in [6.45, 7) is 3.81. The number of ether oxygens (including phenoxy) is 1. The summed E-state index contributed by atoms with van der Waals surface area (Å²) in [5.41, 5.74) is 2.03. The fraction of sp³-hybridized carbons (Fsp3) is 0.500. The van der Waals surface area contributed by atoms with Crippen LogP contribution in [-0.4, -0.2) is 38.6 Å². The van der Waals surface area contributed by atoms with Gasteiger partial charge in [-0.3, -0.25) is 4.79 Å². The molecule has 0 saturated heterocycles. The molecule has 0 bridgehead atoms. The Balaban J connectivity index is 2.72. The molecule has 0 N–H and O–H groups in total. The number of methoxy groups -OCH3 is 1. The Morgan fingerprint density at radius 2 is 1.85 bits per heavy atom. The van der Waals surface area contributed by atoms with Crippen molar-refractivity contribution in [3.8, 4) is 0 Å². The molecule has 1 unspecified atom stereocenters. The van der Waals surface area contributed by atoms with Crippen molar-refractivity contribution in [3.05, 3.63) is 35.4 Å². The van der Waals surface area contributed by atoms with Crippen LogP contribution in [0.1, 0.15) is 18.1 Å². The summed E-state index contributed by atoms with van der Waals surface area (Å²) in [6.07, 6.45) is 0. The highest BCUT2D eigenvalue weighted by molar-refractivity contribution is 7.89. The van der Waals surface area contributed by atoms with E-state index in [0.717, 1.165) is 11.1 Å². The van der Waals surface area contributed by atoms with E-state index in [1.807, 2.05) is 31.2 Å². The number of carbonyl (C=O) groups is 1. The highest BCUT2D eigenvalue weighted by Gasteiger charge is 2.25. The lowest BCUT2D eigenvalue weighted by Gasteiger charge is -2.19. The van der Waals surface area contributed by atoms with Crippen LogP contribution in [0.5, 0.6) is 0 Å². The number of hydrogen-bond acceptors (Lipinski definition) is 4. The van der Waals surface area contributed by atoms with Gasteiger partial charge >= 0.3 is 5.97 Å². The van der Waals surface area contributed by atoms with Crippen LogP contribution in [0.3, 0.4) is 0 Å². The van der Waals surface area contributed by atoms with Crippen molar-refractivity contribution in [1.82, 2.24) is 4.31 Å². The van der Waals surface area contributed by atoms with Gasteiger partial charge in [0, 0.05) is 13.6 Å². The number of hydrogen-bond donors (Lipinski definition) is 0. The lowest BCUT2D eigenvalue weighted by atomic mass is 10.1. The number of benzene rings is 1. The zero-order valence-corrected chi connectivity index (χ0v) is 13.1. The molecule has 0 amide bonds. The number of esters is 1. The van der Waals surface area contributed by atoms with Crippen molar-refractivity contribution >= 4 is 16.0 Å². The second-order valence-corrected chi connectivity index (χ2v) is 7.06. The minimum absolute atomic E-state index is 0.248. The lowest BCUT2D eigenvalue weighted by molar-refractivity contribution is -0.144. The molecule has 1 aromatic rings. The molecule has 1 aromatic carbocycles. The van der Waals surface area contributed by atoms with Gasteiger partial charge in [0.25, 0.3) is 0 Å². The van der Waals surface area contributed by atoms with Gasteiger partial charge in [0.05, 0.1) is 18.8 Å². The molecule has 0 aromatic heterocycles. The van der Waals surface area contributed by atoms with E-state index in [1.165, 1.54) is 18.5 Å². The normalized spacial score (nSPS) is 13.2. The fourth-order valence-corrected chi connectivity index (χ4v) is 3.13. The average Bonchev–Trinajstić information content (AvgIpc) is 2.39. The second kappa shape index (κ2) is 6.85. The molecule has 0 saturated carbocycles. The maximum Gasteiger partial charge on any atom is 0.309 e. The third-order valence-electron chi connectivity index (χ3n) is 3.06. The van der Waals surface area contributed by atoms with Gasteiger partial charge in [-0.05, 0) is 12.5 Å². The molecule has 1 rings (SSSR count). The summed E-state index contributed by atoms with van der Waals surface area (Å²) in [6, 6.07) is 7.66. The summed E-state index contributed by atoms with van der Waals surface area (Å²) in [5.74, 6) is -1.44. The number of rotatable bonds is 6. The third-order valence-corrected chi connectivity index (χ3v) is 5.06. The number of carbonyl (C=O) groups excluding carboxylic acids is 1. The highest BCUT2D eigenvalue weighted by atomic mass is 32.2. The standard InChI is InChI=1S/C14H21NO4S/c1-11-5-7-13(8-6-11)9-15(3)20(17,18)10-12(2)14(16)19-4/h5-8,12H,9-10H2,1-4H3. The molecule has 0 aliphatic rings. The van der Waals surface area contributed by atoms with E-state index in [9.17, 15) is 13.2 Å². The smallest absolute Gasteiger partial charge is 0.309 e. The first-order valence-corrected chi connectivity index (χ1v) is 7.94. The molecule has 0 aliphatic heterocycles. The Labute approximate surface area is 120 Å². The Kier molecular flexibility index (Phi) is 5.71. The van der Waals surface area contributed by atoms with Crippen LogP contribution < -0.4 is 0 Å². The van der Waals surface area contributed by atoms with Crippen LogP contribution in [0.4, 0.5) is 0 Å². The predicted molar refractivity (Wildman–Crippen MR) is 77.6 cm³/mol. The molecule has 0 radical (unpaired) electrons. The summed E-state index contributed by atoms with van der Waals surface area (Å²) >= 11 is 0. The monoisotopic (exact) mass is 299 g/mol. The predicted octanol–water partition coefficient (Wildman–Crippen LogP) is 1.57. The van der Waals surface area contributed by atoms with Crippen LogP contribution in [0, 0.1) is 12.8 Å². The van der Waals surface area contributed by atoms with Gasteiger partial charge in [0.1, 0.15) is 0 Å². The summed E-state index contributed by atoms with van der Waals surface area (Å²) < 4.78 is 30.1. The molecule has 112 valence electrons. The Hall–Kier alpha value is -1.40. The first-order chi connectivity index (χ1) is 9.26. The van der Waals surface area contributed by atoms with E-state index >= 15 is 0 Å². The van der Waals surface area contributed by atoms with Crippen molar-refractivity contribution in [2.24, 2.45) is 5.92 Å². The van der Waals surface area contributed by atoms with Crippen molar-refractivity contribution < 1.29 is 17.9 Å². The van der Waals surface area contributed by atoms with E-state index in [-0.39, 0.29) is 12.3 Å². The van der Waals surface area contributed by atoms with Gasteiger partial charge in [0.15, 0.2) is 0 Å². The molecule has 0 heterocycles. The SMILES string of the molecule is COC(=O)C(C)CS(=O)(=O)N(C)Cc1ccc(C)cc1. The maximum atomic E-state index is 12.2. The molecule has 0 aliphatic carbocycles. The number of nitrogens with zero attached hydrogens (tertiary/aromatic N) is 1. The molecule has 1 atom stereocenters. The van der Waals surface area contributed by atoms with Crippen LogP contribution in [0.25, 0.3) is 0 Å². The van der Waals surface area contributed by atoms with E-state index < -0.39 is 21.9 Å². The van der Waals surface area contributed by atoms with Crippen molar-refractivity contribution in [3.63, 3.8) is 0 Å². The topological polar surface area (TPSA) is 63.7 Å². The van der Waals surface area contributed by atoms with E-state index in [1.54, 1.807) is 6.92 Å². The Bertz CT molecular complexity index is 551. The van der Waals surface area contributed by atoms with Crippen molar-refractivity contribution in [1.29, 1.82) is 0 Å². The Morgan fingerprint density at radius 3 is 2.35 bits per heavy atom. The Morgan fingerprint density at radius 1 is 1.30 bits per heavy atom. The van der Waals surface area contributed by atoms with Gasteiger partial charge in [-0.1, -0.05) is 36.8 Å². The quantitative estimate of drug-likeness (QED) is 0.748. The van der Waals surface area contributed by atoms with Crippen LogP contribution in [0.2, 0.25) is 0 Å². The van der Waals surface area contributed by atoms with E-state index in [4.69, 9.17) is 0 Å². The molecule has 0 spiro atoms. The van der Waals surface area contributed by atoms with Crippen LogP contribution >= 0.6 is 0 Å². The minimum atomic E-state index is -3.49. The molecular weight excluding hydrogens is 278 g/mol. The molecule has 5 nitrogen and oxygen atoms in total. The van der Waals surface area contributed by atoms with E-state index in [0.29, 0.717) is 0 Å². The minimum Gasteiger partial charge on any atom is -0.469 e. The number of sulfonamides is 1. The van der Waals surface area contributed by atoms with Crippen molar-refractivity contribution in [2.45, 2.75) is 20.4 Å². The lowest BCUT2D eigenvalue weighted by Crippen LogP contribution is -2.33. The van der Waals surface area contributed by atoms with Gasteiger partial charge in [-0.2, -0.15) is 0 Å². The molecule has 20 heavy (non-hydrogen) atoms. The number of aryl methyl sites for hydroxylation is 1. The molecular formula is C14H21NO4S. The molecule has 0 fully saturated rings. The second-order valence-electron chi connectivity index (χ2n) is 4.94. The first-order valence-electron chi connectivity index (χ1n) is 6.33. The van der Waals surface area contributed by atoms with Crippen LogP contribution in [-0.2, 0) is 26.1 Å². The fourth-order valence-electron chi connectivity index (χ4n) is 1.76. The average molecular weight is 299 g/mol. The maximum absolute atomic E-state index is 12.2. The first kappa shape index (κ1) is 16.7. The highest BCUT2D eigenvalue weighted by Crippen LogP contribution is 2.12. The largest absolute Gasteiger partial charge is 0.469 e. The van der Waals surface area contributed by atoms with Gasteiger partial charge < -0.3 is 4.74 Å². The third kappa shape index (κ3) is 4.61. The van der Waals surface area contributed by atoms with E-state index in [2.05, 4.69) is 4.74 Å². The summed E-state index contributed by atoms with van der Waals surface area (Å²) in [7, 11) is -0.726. The van der Waals surface area contributed by atoms with Gasteiger partial charge in [-0.15, -0.1) is 0 Å². The summed E-state index contributed by atoms with van der Waals surface area (Å²) in [4.78, 5) is 11.3. The van der Waals surface area contributed by atoms with Crippen LogP contribution in [0.15, 0.2) is 24.3 Å².